The van der Waals surface area contributed by atoms with E-state index in [1.807, 2.05) is 12.1 Å². The summed E-state index contributed by atoms with van der Waals surface area (Å²) >= 11 is 0. The van der Waals surface area contributed by atoms with Crippen molar-refractivity contribution in [3.05, 3.63) is 71.3 Å². The summed E-state index contributed by atoms with van der Waals surface area (Å²) in [6.07, 6.45) is 4.26. The number of aromatic nitrogens is 4. The van der Waals surface area contributed by atoms with Gasteiger partial charge in [0.05, 0.1) is 19.9 Å². The molecule has 0 unspecified atom stereocenters. The van der Waals surface area contributed by atoms with Gasteiger partial charge in [-0.25, -0.2) is 15.0 Å². The van der Waals surface area contributed by atoms with Crippen LogP contribution < -0.4 is 15.6 Å². The lowest BCUT2D eigenvalue weighted by molar-refractivity contribution is -0.122. The second kappa shape index (κ2) is 7.93. The molecule has 146 valence electrons. The minimum atomic E-state index is -0.385. The number of nitrogens with one attached hydrogen (secondary N) is 1. The van der Waals surface area contributed by atoms with E-state index in [4.69, 9.17) is 9.15 Å². The van der Waals surface area contributed by atoms with E-state index in [9.17, 15) is 9.59 Å². The Labute approximate surface area is 165 Å². The zero-order valence-corrected chi connectivity index (χ0v) is 15.5. The smallest absolute Gasteiger partial charge is 0.264 e. The van der Waals surface area contributed by atoms with Crippen LogP contribution in [0, 0.1) is 0 Å². The highest BCUT2D eigenvalue weighted by atomic mass is 16.5. The number of carbonyl (C=O) groups excluding carboxylic acids is 1. The van der Waals surface area contributed by atoms with Crippen molar-refractivity contribution in [3.63, 3.8) is 0 Å². The molecule has 3 aromatic heterocycles. The molecule has 3 heterocycles. The number of furan rings is 1. The van der Waals surface area contributed by atoms with Gasteiger partial charge in [-0.1, -0.05) is 0 Å². The van der Waals surface area contributed by atoms with Crippen molar-refractivity contribution < 1.29 is 13.9 Å². The Morgan fingerprint density at radius 2 is 2.03 bits per heavy atom. The van der Waals surface area contributed by atoms with E-state index >= 15 is 0 Å². The van der Waals surface area contributed by atoms with Crippen LogP contribution in [0.3, 0.4) is 0 Å². The summed E-state index contributed by atoms with van der Waals surface area (Å²) in [6, 6.07) is 10.7. The molecule has 0 bridgehead atoms. The van der Waals surface area contributed by atoms with Gasteiger partial charge in [-0.2, -0.15) is 0 Å². The van der Waals surface area contributed by atoms with Crippen molar-refractivity contribution in [2.24, 2.45) is 0 Å². The summed E-state index contributed by atoms with van der Waals surface area (Å²) in [7, 11) is 1.59. The molecule has 1 amide bonds. The maximum atomic E-state index is 12.7. The van der Waals surface area contributed by atoms with Crippen LogP contribution in [0.4, 0.5) is 0 Å². The first-order valence-corrected chi connectivity index (χ1v) is 8.80. The number of carbonyl (C=O) groups is 1. The van der Waals surface area contributed by atoms with Crippen LogP contribution in [-0.2, 0) is 17.9 Å². The monoisotopic (exact) mass is 391 g/mol. The van der Waals surface area contributed by atoms with Crippen molar-refractivity contribution >= 4 is 16.9 Å². The van der Waals surface area contributed by atoms with Gasteiger partial charge in [0.2, 0.25) is 5.91 Å². The van der Waals surface area contributed by atoms with E-state index in [1.54, 1.807) is 31.4 Å². The molecule has 0 fully saturated rings. The molecule has 1 N–H and O–H groups in total. The summed E-state index contributed by atoms with van der Waals surface area (Å²) in [5.74, 6) is 1.46. The predicted octanol–water partition coefficient (Wildman–Crippen LogP) is 1.77. The van der Waals surface area contributed by atoms with E-state index in [0.717, 1.165) is 11.3 Å². The number of rotatable bonds is 6. The highest BCUT2D eigenvalue weighted by molar-refractivity contribution is 5.77. The maximum Gasteiger partial charge on any atom is 0.264 e. The van der Waals surface area contributed by atoms with E-state index in [2.05, 4.69) is 20.3 Å². The van der Waals surface area contributed by atoms with Gasteiger partial charge in [0, 0.05) is 11.8 Å². The molecule has 0 radical (unpaired) electrons. The van der Waals surface area contributed by atoms with Crippen molar-refractivity contribution in [2.75, 3.05) is 7.11 Å². The molecule has 1 aromatic carbocycles. The number of fused-ring (bicyclic) bond motifs is 1. The molecule has 29 heavy (non-hydrogen) atoms. The van der Waals surface area contributed by atoms with Crippen LogP contribution in [0.25, 0.3) is 22.4 Å². The number of methoxy groups -OCH3 is 1. The molecular weight excluding hydrogens is 374 g/mol. The van der Waals surface area contributed by atoms with Gasteiger partial charge in [-0.3, -0.25) is 14.2 Å². The van der Waals surface area contributed by atoms with Gasteiger partial charge >= 0.3 is 0 Å². The number of nitrogens with zero attached hydrogens (tertiary/aromatic N) is 4. The molecule has 9 heteroatoms. The largest absolute Gasteiger partial charge is 0.497 e. The van der Waals surface area contributed by atoms with Crippen LogP contribution in [0.2, 0.25) is 0 Å². The average Bonchev–Trinajstić information content (AvgIpc) is 3.28. The summed E-state index contributed by atoms with van der Waals surface area (Å²) < 4.78 is 11.5. The quantitative estimate of drug-likeness (QED) is 0.533. The third kappa shape index (κ3) is 3.98. The second-order valence-electron chi connectivity index (χ2n) is 6.19. The minimum absolute atomic E-state index is 0.164. The van der Waals surface area contributed by atoms with Crippen LogP contribution in [0.15, 0.2) is 64.4 Å². The molecule has 0 atom stereocenters. The Morgan fingerprint density at radius 3 is 2.76 bits per heavy atom. The zero-order chi connectivity index (χ0) is 20.2. The van der Waals surface area contributed by atoms with E-state index in [1.165, 1.54) is 23.4 Å². The van der Waals surface area contributed by atoms with Gasteiger partial charge in [0.15, 0.2) is 11.5 Å². The van der Waals surface area contributed by atoms with Gasteiger partial charge < -0.3 is 14.5 Å². The fourth-order valence-corrected chi connectivity index (χ4v) is 2.75. The molecule has 4 rings (SSSR count). The first-order valence-electron chi connectivity index (χ1n) is 8.80. The number of hydrogen-bond donors (Lipinski definition) is 1. The molecule has 0 aliphatic rings. The first kappa shape index (κ1) is 18.4. The van der Waals surface area contributed by atoms with Gasteiger partial charge in [0.1, 0.15) is 29.8 Å². The van der Waals surface area contributed by atoms with Crippen LogP contribution in [-0.4, -0.2) is 32.5 Å². The summed E-state index contributed by atoms with van der Waals surface area (Å²) in [4.78, 5) is 37.6. The molecule has 0 saturated carbocycles. The van der Waals surface area contributed by atoms with Crippen molar-refractivity contribution in [3.8, 4) is 17.1 Å². The van der Waals surface area contributed by atoms with Crippen LogP contribution in [0.5, 0.6) is 5.75 Å². The normalized spacial score (nSPS) is 10.8. The molecule has 0 aliphatic carbocycles. The van der Waals surface area contributed by atoms with Gasteiger partial charge in [0.25, 0.3) is 5.56 Å². The Kier molecular flexibility index (Phi) is 5.02. The average molecular weight is 391 g/mol. The summed E-state index contributed by atoms with van der Waals surface area (Å²) in [5.41, 5.74) is 0.656. The lowest BCUT2D eigenvalue weighted by atomic mass is 10.2. The molecule has 0 spiro atoms. The predicted molar refractivity (Wildman–Crippen MR) is 104 cm³/mol. The third-order valence-corrected chi connectivity index (χ3v) is 4.28. The topological polar surface area (TPSA) is 112 Å². The zero-order valence-electron chi connectivity index (χ0n) is 15.5. The molecule has 0 aliphatic heterocycles. The van der Waals surface area contributed by atoms with Crippen LogP contribution in [0.1, 0.15) is 5.76 Å². The van der Waals surface area contributed by atoms with Crippen molar-refractivity contribution in [1.82, 2.24) is 24.8 Å². The molecule has 0 saturated heterocycles. The number of ether oxygens (including phenoxy) is 1. The number of amides is 1. The Balaban J connectivity index is 1.54. The SMILES string of the molecule is COc1ccc(-c2ncc3c(=O)n(CC(=O)NCc4ccco4)cnc3n2)cc1. The molecule has 4 aromatic rings. The highest BCUT2D eigenvalue weighted by Gasteiger charge is 2.11. The van der Waals surface area contributed by atoms with Gasteiger partial charge in [-0.15, -0.1) is 0 Å². The van der Waals surface area contributed by atoms with E-state index in [0.29, 0.717) is 11.6 Å². The van der Waals surface area contributed by atoms with Crippen LogP contribution >= 0.6 is 0 Å². The van der Waals surface area contributed by atoms with E-state index < -0.39 is 0 Å². The number of hydrogen-bond acceptors (Lipinski definition) is 7. The Morgan fingerprint density at radius 1 is 1.21 bits per heavy atom. The molecular formula is C20H17N5O4. The second-order valence-corrected chi connectivity index (χ2v) is 6.19. The lowest BCUT2D eigenvalue weighted by Gasteiger charge is -2.07. The Bertz CT molecular complexity index is 1200. The third-order valence-electron chi connectivity index (χ3n) is 4.28. The maximum absolute atomic E-state index is 12.7. The Hall–Kier alpha value is -4.01. The lowest BCUT2D eigenvalue weighted by Crippen LogP contribution is -2.32. The van der Waals surface area contributed by atoms with E-state index in [-0.39, 0.29) is 35.6 Å². The fraction of sp³-hybridized carbons (Fsp3) is 0.150. The summed E-state index contributed by atoms with van der Waals surface area (Å²) in [6.45, 7) is 0.0820. The van der Waals surface area contributed by atoms with Crippen molar-refractivity contribution in [1.29, 1.82) is 0 Å². The number of benzene rings is 1. The first-order chi connectivity index (χ1) is 14.1. The minimum Gasteiger partial charge on any atom is -0.497 e. The van der Waals surface area contributed by atoms with Gasteiger partial charge in [-0.05, 0) is 36.4 Å². The summed E-state index contributed by atoms with van der Waals surface area (Å²) in [5, 5.41) is 2.93. The van der Waals surface area contributed by atoms with Crippen molar-refractivity contribution in [2.45, 2.75) is 13.1 Å². The fourth-order valence-electron chi connectivity index (χ4n) is 2.75. The highest BCUT2D eigenvalue weighted by Crippen LogP contribution is 2.19. The standard InChI is InChI=1S/C20H17N5O4/c1-28-14-6-4-13(5-7-14)18-22-10-16-19(24-18)23-12-25(20(16)27)11-17(26)21-9-15-3-2-8-29-15/h2-8,10,12H,9,11H2,1H3,(H,21,26). The molecule has 9 nitrogen and oxygen atoms in total.